The molecule has 0 fully saturated rings. The summed E-state index contributed by atoms with van der Waals surface area (Å²) in [5.41, 5.74) is 3.03. The molecule has 6 nitrogen and oxygen atoms in total. The molecule has 2 aromatic carbocycles. The number of hydrogen-bond donors (Lipinski definition) is 0. The van der Waals surface area contributed by atoms with Crippen LogP contribution in [0.5, 0.6) is 5.75 Å². The summed E-state index contributed by atoms with van der Waals surface area (Å²) in [6.45, 7) is 10.7. The predicted molar refractivity (Wildman–Crippen MR) is 138 cm³/mol. The number of hydrogen-bond acceptors (Lipinski definition) is 5. The summed E-state index contributed by atoms with van der Waals surface area (Å²) in [7, 11) is 1.96. The van der Waals surface area contributed by atoms with E-state index in [0.29, 0.717) is 23.4 Å². The molecule has 0 amide bonds. The van der Waals surface area contributed by atoms with Crippen LogP contribution in [0.4, 0.5) is 0 Å². The third-order valence-corrected chi connectivity index (χ3v) is 6.78. The fraction of sp³-hybridized carbons (Fsp3) is 0.296. The second kappa shape index (κ2) is 10.3. The second-order valence-corrected chi connectivity index (χ2v) is 9.55. The van der Waals surface area contributed by atoms with E-state index in [0.717, 1.165) is 22.2 Å². The fourth-order valence-electron chi connectivity index (χ4n) is 3.97. The highest BCUT2D eigenvalue weighted by atomic mass is 32.2. The topological polar surface area (TPSA) is 61.9 Å². The summed E-state index contributed by atoms with van der Waals surface area (Å²) in [4.78, 5) is 13.0. The highest BCUT2D eigenvalue weighted by Crippen LogP contribution is 2.28. The van der Waals surface area contributed by atoms with E-state index in [1.807, 2.05) is 65.7 Å². The Labute approximate surface area is 204 Å². The number of nitrogens with zero attached hydrogens (tertiary/aromatic N) is 4. The lowest BCUT2D eigenvalue weighted by molar-refractivity contribution is 0.102. The van der Waals surface area contributed by atoms with E-state index in [4.69, 9.17) is 4.74 Å². The van der Waals surface area contributed by atoms with E-state index in [-0.39, 0.29) is 17.6 Å². The zero-order chi connectivity index (χ0) is 24.2. The number of thioether (sulfide) groups is 1. The lowest BCUT2D eigenvalue weighted by atomic mass is 10.0. The van der Waals surface area contributed by atoms with Crippen molar-refractivity contribution in [1.29, 1.82) is 0 Å². The summed E-state index contributed by atoms with van der Waals surface area (Å²) >= 11 is 1.38. The molecule has 7 heteroatoms. The molecule has 0 saturated heterocycles. The normalized spacial score (nSPS) is 12.3. The van der Waals surface area contributed by atoms with Crippen LogP contribution < -0.4 is 4.74 Å². The number of fused-ring (bicyclic) bond motifs is 1. The number of ether oxygens (including phenoxy) is 1. The Morgan fingerprint density at radius 1 is 1.12 bits per heavy atom. The lowest BCUT2D eigenvalue weighted by Crippen LogP contribution is -2.12. The minimum atomic E-state index is -0.305. The molecule has 0 bridgehead atoms. The van der Waals surface area contributed by atoms with Crippen molar-refractivity contribution >= 4 is 28.4 Å². The summed E-state index contributed by atoms with van der Waals surface area (Å²) < 4.78 is 10.1. The first-order chi connectivity index (χ1) is 16.4. The molecular weight excluding hydrogens is 444 g/mol. The van der Waals surface area contributed by atoms with Crippen molar-refractivity contribution in [2.24, 2.45) is 7.05 Å². The van der Waals surface area contributed by atoms with Crippen molar-refractivity contribution in [3.63, 3.8) is 0 Å². The molecule has 0 saturated carbocycles. The van der Waals surface area contributed by atoms with Crippen LogP contribution >= 0.6 is 11.8 Å². The Bertz CT molecular complexity index is 1300. The lowest BCUT2D eigenvalue weighted by Gasteiger charge is -2.16. The van der Waals surface area contributed by atoms with Crippen molar-refractivity contribution in [3.8, 4) is 5.75 Å². The highest BCUT2D eigenvalue weighted by Gasteiger charge is 2.21. The van der Waals surface area contributed by atoms with Crippen molar-refractivity contribution in [2.45, 2.75) is 44.5 Å². The molecule has 4 rings (SSSR count). The van der Waals surface area contributed by atoms with Gasteiger partial charge in [-0.3, -0.25) is 9.36 Å². The van der Waals surface area contributed by atoms with E-state index >= 15 is 0 Å². The first-order valence-corrected chi connectivity index (χ1v) is 12.4. The van der Waals surface area contributed by atoms with E-state index in [1.54, 1.807) is 6.08 Å². The van der Waals surface area contributed by atoms with Gasteiger partial charge in [0.2, 0.25) is 0 Å². The molecule has 0 radical (unpaired) electrons. The smallest absolute Gasteiger partial charge is 0.192 e. The maximum atomic E-state index is 13.0. The number of para-hydroxylation sites is 1. The van der Waals surface area contributed by atoms with Crippen LogP contribution in [0, 0.1) is 0 Å². The molecule has 0 aliphatic heterocycles. The van der Waals surface area contributed by atoms with Crippen LogP contribution in [0.1, 0.15) is 54.5 Å². The molecule has 1 atom stereocenters. The highest BCUT2D eigenvalue weighted by molar-refractivity contribution is 7.99. The van der Waals surface area contributed by atoms with Crippen LogP contribution in [0.15, 0.2) is 72.5 Å². The summed E-state index contributed by atoms with van der Waals surface area (Å²) in [6.07, 6.45) is 3.39. The number of carbonyl (C=O) groups excluding carboxylic acids is 1. The monoisotopic (exact) mass is 474 g/mol. The van der Waals surface area contributed by atoms with Crippen LogP contribution in [-0.2, 0) is 13.6 Å². The molecule has 0 spiro atoms. The summed E-state index contributed by atoms with van der Waals surface area (Å²) in [6, 6.07) is 16.1. The zero-order valence-corrected chi connectivity index (χ0v) is 20.9. The zero-order valence-electron chi connectivity index (χ0n) is 20.1. The van der Waals surface area contributed by atoms with Gasteiger partial charge in [0.15, 0.2) is 22.9 Å². The fourth-order valence-corrected chi connectivity index (χ4v) is 4.81. The molecule has 0 aliphatic rings. The molecule has 0 aliphatic carbocycles. The van der Waals surface area contributed by atoms with Gasteiger partial charge in [0, 0.05) is 36.3 Å². The Kier molecular flexibility index (Phi) is 7.22. The molecule has 0 N–H and O–H groups in total. The maximum absolute atomic E-state index is 13.0. The third kappa shape index (κ3) is 4.94. The Morgan fingerprint density at radius 2 is 1.85 bits per heavy atom. The number of allylic oxidation sites excluding steroid dienone is 1. The standard InChI is InChI=1S/C27H30N4O2S/c1-6-15-31-26(19(4)33-21-13-11-20(12-14-21)18(2)3)28-29-27(31)34-17-25(32)23-16-30(5)24-10-8-7-9-22(23)24/h6-14,16,18-19H,1,15,17H2,2-5H3. The quantitative estimate of drug-likeness (QED) is 0.156. The van der Waals surface area contributed by atoms with E-state index in [9.17, 15) is 4.79 Å². The second-order valence-electron chi connectivity index (χ2n) is 8.61. The number of rotatable bonds is 10. The van der Waals surface area contributed by atoms with Gasteiger partial charge in [0.25, 0.3) is 0 Å². The number of ketones is 1. The van der Waals surface area contributed by atoms with Gasteiger partial charge in [-0.05, 0) is 36.6 Å². The van der Waals surface area contributed by atoms with Crippen molar-refractivity contribution in [1.82, 2.24) is 19.3 Å². The molecule has 2 heterocycles. The minimum absolute atomic E-state index is 0.0612. The molecule has 4 aromatic rings. The van der Waals surface area contributed by atoms with Gasteiger partial charge in [-0.1, -0.05) is 62.0 Å². The van der Waals surface area contributed by atoms with Crippen molar-refractivity contribution < 1.29 is 9.53 Å². The summed E-state index contributed by atoms with van der Waals surface area (Å²) in [5, 5.41) is 10.4. The maximum Gasteiger partial charge on any atom is 0.192 e. The van der Waals surface area contributed by atoms with E-state index in [1.165, 1.54) is 17.3 Å². The van der Waals surface area contributed by atoms with Gasteiger partial charge in [-0.15, -0.1) is 16.8 Å². The van der Waals surface area contributed by atoms with Crippen LogP contribution in [0.2, 0.25) is 0 Å². The summed E-state index contributed by atoms with van der Waals surface area (Å²) in [5.74, 6) is 2.29. The number of aryl methyl sites for hydroxylation is 1. The van der Waals surface area contributed by atoms with Crippen LogP contribution in [0.3, 0.4) is 0 Å². The van der Waals surface area contributed by atoms with Crippen LogP contribution in [0.25, 0.3) is 10.9 Å². The van der Waals surface area contributed by atoms with Gasteiger partial charge < -0.3 is 9.30 Å². The van der Waals surface area contributed by atoms with Crippen molar-refractivity contribution in [2.75, 3.05) is 5.75 Å². The predicted octanol–water partition coefficient (Wildman–Crippen LogP) is 6.19. The SMILES string of the molecule is C=CCn1c(SCC(=O)c2cn(C)c3ccccc23)nnc1C(C)Oc1ccc(C(C)C)cc1. The van der Waals surface area contributed by atoms with E-state index < -0.39 is 0 Å². The first kappa shape index (κ1) is 23.8. The van der Waals surface area contributed by atoms with Crippen molar-refractivity contribution in [3.05, 3.63) is 84.3 Å². The van der Waals surface area contributed by atoms with E-state index in [2.05, 4.69) is 42.8 Å². The molecule has 34 heavy (non-hydrogen) atoms. The van der Waals surface area contributed by atoms with Gasteiger partial charge in [-0.2, -0.15) is 0 Å². The van der Waals surface area contributed by atoms with Gasteiger partial charge in [0.05, 0.1) is 5.75 Å². The third-order valence-electron chi connectivity index (χ3n) is 5.81. The number of Topliss-reactive ketones (excluding diaryl/α,β-unsaturated/α-hetero) is 1. The molecule has 2 aromatic heterocycles. The molecule has 1 unspecified atom stereocenters. The molecule has 176 valence electrons. The van der Waals surface area contributed by atoms with Gasteiger partial charge in [0.1, 0.15) is 5.75 Å². The van der Waals surface area contributed by atoms with Gasteiger partial charge >= 0.3 is 0 Å². The number of carbonyl (C=O) groups is 1. The minimum Gasteiger partial charge on any atom is -0.483 e. The molecular formula is C27H30N4O2S. The largest absolute Gasteiger partial charge is 0.483 e. The van der Waals surface area contributed by atoms with Crippen LogP contribution in [-0.4, -0.2) is 30.9 Å². The average molecular weight is 475 g/mol. The Balaban J connectivity index is 1.49. The number of benzene rings is 2. The Hall–Kier alpha value is -3.32. The van der Waals surface area contributed by atoms with Gasteiger partial charge in [-0.25, -0.2) is 0 Å². The number of aromatic nitrogens is 4. The average Bonchev–Trinajstić information content (AvgIpc) is 3.39. The Morgan fingerprint density at radius 3 is 2.56 bits per heavy atom. The first-order valence-electron chi connectivity index (χ1n) is 11.4.